The van der Waals surface area contributed by atoms with E-state index in [9.17, 15) is 18.0 Å². The van der Waals surface area contributed by atoms with Gasteiger partial charge in [0.2, 0.25) is 0 Å². The number of rotatable bonds is 8. The van der Waals surface area contributed by atoms with Crippen molar-refractivity contribution in [3.8, 4) is 0 Å². The molecule has 0 unspecified atom stereocenters. The van der Waals surface area contributed by atoms with Crippen LogP contribution in [0, 0.1) is 5.82 Å². The molecule has 0 radical (unpaired) electrons. The summed E-state index contributed by atoms with van der Waals surface area (Å²) in [5, 5.41) is 3.64. The minimum Gasteiger partial charge on any atom is -0.358 e. The number of carbonyl (C=O) groups excluding carboxylic acids is 2. The highest BCUT2D eigenvalue weighted by Gasteiger charge is 2.25. The van der Waals surface area contributed by atoms with E-state index in [1.54, 1.807) is 38.4 Å². The van der Waals surface area contributed by atoms with Gasteiger partial charge in [-0.25, -0.2) is 12.8 Å². The van der Waals surface area contributed by atoms with E-state index < -0.39 is 32.2 Å². The number of fused-ring (bicyclic) bond motifs is 1. The third-order valence-electron chi connectivity index (χ3n) is 5.78. The number of anilines is 1. The third kappa shape index (κ3) is 5.62. The first kappa shape index (κ1) is 27.4. The van der Waals surface area contributed by atoms with E-state index in [0.29, 0.717) is 32.9 Å². The average Bonchev–Trinajstić information content (AvgIpc) is 3.28. The van der Waals surface area contributed by atoms with Gasteiger partial charge in [-0.2, -0.15) is 0 Å². The van der Waals surface area contributed by atoms with E-state index in [1.165, 1.54) is 35.4 Å². The van der Waals surface area contributed by atoms with E-state index in [2.05, 4.69) is 15.0 Å². The molecule has 0 bridgehead atoms. The maximum absolute atomic E-state index is 15.3. The van der Waals surface area contributed by atoms with Crippen molar-refractivity contribution in [2.75, 3.05) is 25.4 Å². The van der Waals surface area contributed by atoms with Crippen LogP contribution in [0.25, 0.3) is 10.9 Å². The van der Waals surface area contributed by atoms with Crippen molar-refractivity contribution in [3.63, 3.8) is 0 Å². The zero-order chi connectivity index (χ0) is 27.6. The lowest BCUT2D eigenvalue weighted by atomic mass is 10.1. The van der Waals surface area contributed by atoms with Crippen LogP contribution in [0.4, 0.5) is 10.1 Å². The lowest BCUT2D eigenvalue weighted by molar-refractivity contribution is 0.0827. The van der Waals surface area contributed by atoms with Crippen LogP contribution in [0.1, 0.15) is 26.3 Å². The molecule has 0 fully saturated rings. The Labute approximate surface area is 228 Å². The highest BCUT2D eigenvalue weighted by Crippen LogP contribution is 2.35. The molecule has 3 aromatic carbocycles. The first-order valence-electron chi connectivity index (χ1n) is 11.3. The van der Waals surface area contributed by atoms with Gasteiger partial charge in [0.1, 0.15) is 4.90 Å². The van der Waals surface area contributed by atoms with E-state index in [4.69, 9.17) is 23.2 Å². The van der Waals surface area contributed by atoms with Gasteiger partial charge in [0.25, 0.3) is 21.8 Å². The quantitative estimate of drug-likeness (QED) is 0.271. The van der Waals surface area contributed by atoms with Crippen molar-refractivity contribution in [2.45, 2.75) is 11.3 Å². The monoisotopic (exact) mass is 576 g/mol. The Kier molecular flexibility index (Phi) is 7.96. The molecule has 12 heteroatoms. The minimum absolute atomic E-state index is 0.115. The summed E-state index contributed by atoms with van der Waals surface area (Å²) < 4.78 is 43.7. The van der Waals surface area contributed by atoms with Crippen LogP contribution in [-0.2, 0) is 16.4 Å². The Morgan fingerprint density at radius 1 is 1.00 bits per heavy atom. The molecule has 0 saturated heterocycles. The van der Waals surface area contributed by atoms with Crippen molar-refractivity contribution in [3.05, 3.63) is 93.3 Å². The number of amides is 2. The van der Waals surface area contributed by atoms with Crippen LogP contribution in [0.15, 0.2) is 65.7 Å². The molecule has 4 rings (SSSR count). The number of halogens is 3. The number of hydrogen-bond donors (Lipinski definition) is 3. The van der Waals surface area contributed by atoms with E-state index >= 15 is 4.39 Å². The molecule has 1 aromatic heterocycles. The van der Waals surface area contributed by atoms with E-state index in [-0.39, 0.29) is 18.1 Å². The number of H-pyrrole nitrogens is 1. The van der Waals surface area contributed by atoms with Crippen LogP contribution < -0.4 is 10.0 Å². The summed E-state index contributed by atoms with van der Waals surface area (Å²) >= 11 is 12.3. The van der Waals surface area contributed by atoms with Gasteiger partial charge in [0.15, 0.2) is 5.82 Å². The second kappa shape index (κ2) is 11.0. The summed E-state index contributed by atoms with van der Waals surface area (Å²) in [6, 6.07) is 13.4. The molecule has 198 valence electrons. The number of hydrogen-bond acceptors (Lipinski definition) is 4. The van der Waals surface area contributed by atoms with Gasteiger partial charge in [0.05, 0.1) is 26.8 Å². The predicted molar refractivity (Wildman–Crippen MR) is 146 cm³/mol. The van der Waals surface area contributed by atoms with Crippen molar-refractivity contribution < 1.29 is 22.4 Å². The molecule has 0 aliphatic carbocycles. The highest BCUT2D eigenvalue weighted by atomic mass is 35.5. The number of nitrogens with one attached hydrogen (secondary N) is 3. The smallest absolute Gasteiger partial charge is 0.264 e. The third-order valence-corrected chi connectivity index (χ3v) is 7.78. The zero-order valence-corrected chi connectivity index (χ0v) is 22.6. The molecule has 3 N–H and O–H groups in total. The van der Waals surface area contributed by atoms with E-state index in [1.807, 2.05) is 0 Å². The molecular weight excluding hydrogens is 554 g/mol. The number of aromatic nitrogens is 1. The Morgan fingerprint density at radius 2 is 1.71 bits per heavy atom. The molecule has 0 spiro atoms. The van der Waals surface area contributed by atoms with Crippen LogP contribution in [0.5, 0.6) is 0 Å². The summed E-state index contributed by atoms with van der Waals surface area (Å²) in [5.74, 6) is -2.07. The summed E-state index contributed by atoms with van der Waals surface area (Å²) in [5.41, 5.74) is 1.43. The lowest BCUT2D eigenvalue weighted by Gasteiger charge is -2.13. The summed E-state index contributed by atoms with van der Waals surface area (Å²) in [6.45, 7) is 0.171. The van der Waals surface area contributed by atoms with Crippen LogP contribution in [0.3, 0.4) is 0 Å². The minimum atomic E-state index is -4.42. The average molecular weight is 577 g/mol. The number of sulfonamides is 1. The Morgan fingerprint density at radius 3 is 2.39 bits per heavy atom. The SMILES string of the molecule is CN(C)C(=O)c1ccc(CCNC(=O)c2cccc(S(=O)(=O)Nc3ccc(Cl)c4c(Cl)c[nH]c34)c2F)cc1. The van der Waals surface area contributed by atoms with Gasteiger partial charge >= 0.3 is 0 Å². The zero-order valence-electron chi connectivity index (χ0n) is 20.3. The molecule has 38 heavy (non-hydrogen) atoms. The standard InChI is InChI=1S/C26H23Cl2FN4O4S/c1-33(2)26(35)16-8-6-15(7-9-16)12-13-30-25(34)17-4-3-5-21(23(17)29)38(36,37)32-20-11-10-18(27)22-19(28)14-31-24(20)22/h3-11,14,31-32H,12-13H2,1-2H3,(H,30,34). The highest BCUT2D eigenvalue weighted by molar-refractivity contribution is 7.92. The van der Waals surface area contributed by atoms with Crippen LogP contribution in [0.2, 0.25) is 10.0 Å². The normalized spacial score (nSPS) is 11.4. The van der Waals surface area contributed by atoms with Gasteiger partial charge in [0, 0.05) is 37.8 Å². The number of benzene rings is 3. The van der Waals surface area contributed by atoms with Crippen molar-refractivity contribution in [2.24, 2.45) is 0 Å². The van der Waals surface area contributed by atoms with Gasteiger partial charge < -0.3 is 15.2 Å². The maximum Gasteiger partial charge on any atom is 0.264 e. The number of nitrogens with zero attached hydrogens (tertiary/aromatic N) is 1. The first-order valence-corrected chi connectivity index (χ1v) is 13.6. The molecule has 0 atom stereocenters. The molecular formula is C26H23Cl2FN4O4S. The molecule has 0 aliphatic heterocycles. The summed E-state index contributed by atoms with van der Waals surface area (Å²) in [4.78, 5) is 28.3. The van der Waals surface area contributed by atoms with Crippen molar-refractivity contribution >= 4 is 61.6 Å². The fraction of sp³-hybridized carbons (Fsp3) is 0.154. The Hall–Kier alpha value is -3.60. The second-order valence-electron chi connectivity index (χ2n) is 8.61. The number of carbonyl (C=O) groups is 2. The molecule has 2 amide bonds. The molecule has 8 nitrogen and oxygen atoms in total. The molecule has 0 aliphatic rings. The maximum atomic E-state index is 15.3. The Balaban J connectivity index is 1.47. The molecule has 4 aromatic rings. The summed E-state index contributed by atoms with van der Waals surface area (Å²) in [7, 11) is -1.09. The Bertz CT molecular complexity index is 1640. The van der Waals surface area contributed by atoms with Gasteiger partial charge in [-0.3, -0.25) is 14.3 Å². The fourth-order valence-corrected chi connectivity index (χ4v) is 5.57. The molecule has 1 heterocycles. The van der Waals surface area contributed by atoms with Crippen LogP contribution in [-0.4, -0.2) is 50.8 Å². The predicted octanol–water partition coefficient (Wildman–Crippen LogP) is 5.09. The first-order chi connectivity index (χ1) is 18.0. The summed E-state index contributed by atoms with van der Waals surface area (Å²) in [6.07, 6.45) is 1.88. The van der Waals surface area contributed by atoms with Crippen molar-refractivity contribution in [1.82, 2.24) is 15.2 Å². The van der Waals surface area contributed by atoms with E-state index in [0.717, 1.165) is 11.6 Å². The van der Waals surface area contributed by atoms with Gasteiger partial charge in [-0.1, -0.05) is 41.4 Å². The van der Waals surface area contributed by atoms with Crippen LogP contribution >= 0.6 is 23.2 Å². The van der Waals surface area contributed by atoms with Crippen molar-refractivity contribution in [1.29, 1.82) is 0 Å². The second-order valence-corrected chi connectivity index (χ2v) is 11.1. The van der Waals surface area contributed by atoms with Gasteiger partial charge in [-0.05, 0) is 48.4 Å². The topological polar surface area (TPSA) is 111 Å². The van der Waals surface area contributed by atoms with Gasteiger partial charge in [-0.15, -0.1) is 0 Å². The number of aromatic amines is 1. The molecule has 0 saturated carbocycles. The fourth-order valence-electron chi connectivity index (χ4n) is 3.83. The lowest BCUT2D eigenvalue weighted by Crippen LogP contribution is -2.27. The largest absolute Gasteiger partial charge is 0.358 e.